The maximum atomic E-state index is 14.4. The van der Waals surface area contributed by atoms with Crippen LogP contribution in [0.15, 0.2) is 35.2 Å². The molecule has 32 heavy (non-hydrogen) atoms. The van der Waals surface area contributed by atoms with E-state index in [-0.39, 0.29) is 28.6 Å². The molecule has 9 nitrogen and oxygen atoms in total. The number of alkyl halides is 3. The van der Waals surface area contributed by atoms with Crippen LogP contribution in [0.5, 0.6) is 5.75 Å². The summed E-state index contributed by atoms with van der Waals surface area (Å²) >= 11 is 0. The molecule has 1 atom stereocenters. The van der Waals surface area contributed by atoms with Gasteiger partial charge < -0.3 is 23.9 Å². The SMILES string of the molecule is OCC(O)COc1cc(F)c(-c2noc(-c3cn4cc(C(F)(F)F)ncc4n3)n2)cc1F. The van der Waals surface area contributed by atoms with Gasteiger partial charge in [0.05, 0.1) is 18.4 Å². The predicted octanol–water partition coefficient (Wildman–Crippen LogP) is 2.48. The number of halogens is 5. The molecule has 168 valence electrons. The first-order chi connectivity index (χ1) is 15.2. The fraction of sp³-hybridized carbons (Fsp3) is 0.222. The van der Waals surface area contributed by atoms with Gasteiger partial charge in [-0.2, -0.15) is 18.2 Å². The van der Waals surface area contributed by atoms with E-state index in [2.05, 4.69) is 20.1 Å². The van der Waals surface area contributed by atoms with Crippen molar-refractivity contribution in [3.05, 3.63) is 48.1 Å². The van der Waals surface area contributed by atoms with Crippen LogP contribution in [0.25, 0.3) is 28.6 Å². The van der Waals surface area contributed by atoms with Crippen molar-refractivity contribution in [3.8, 4) is 28.7 Å². The van der Waals surface area contributed by atoms with E-state index in [0.717, 1.165) is 22.9 Å². The van der Waals surface area contributed by atoms with E-state index in [1.807, 2.05) is 0 Å². The van der Waals surface area contributed by atoms with Gasteiger partial charge in [0.25, 0.3) is 5.89 Å². The van der Waals surface area contributed by atoms with Crippen LogP contribution in [-0.2, 0) is 6.18 Å². The van der Waals surface area contributed by atoms with Crippen LogP contribution in [0.2, 0.25) is 0 Å². The number of aliphatic hydroxyl groups is 2. The standard InChI is InChI=1S/C18H12F5N5O4/c19-10-2-13(31-7-8(30)6-29)11(20)1-9(10)16-26-17(32-27-16)12-4-28-5-14(18(21,22)23)24-3-15(28)25-12/h1-5,8,29-30H,6-7H2. The summed E-state index contributed by atoms with van der Waals surface area (Å²) in [5.41, 5.74) is -1.45. The van der Waals surface area contributed by atoms with E-state index in [1.165, 1.54) is 6.20 Å². The Bertz CT molecular complexity index is 1270. The summed E-state index contributed by atoms with van der Waals surface area (Å²) in [6, 6.07) is 1.45. The van der Waals surface area contributed by atoms with Gasteiger partial charge >= 0.3 is 6.18 Å². The fourth-order valence-electron chi connectivity index (χ4n) is 2.63. The van der Waals surface area contributed by atoms with E-state index in [1.54, 1.807) is 0 Å². The minimum Gasteiger partial charge on any atom is -0.488 e. The summed E-state index contributed by atoms with van der Waals surface area (Å²) in [7, 11) is 0. The fourth-order valence-corrected chi connectivity index (χ4v) is 2.63. The van der Waals surface area contributed by atoms with Crippen LogP contribution in [0.4, 0.5) is 22.0 Å². The van der Waals surface area contributed by atoms with Gasteiger partial charge in [0.1, 0.15) is 24.2 Å². The predicted molar refractivity (Wildman–Crippen MR) is 95.2 cm³/mol. The third-order valence-corrected chi connectivity index (χ3v) is 4.18. The summed E-state index contributed by atoms with van der Waals surface area (Å²) in [5, 5.41) is 21.5. The molecule has 3 aromatic heterocycles. The van der Waals surface area contributed by atoms with Crippen molar-refractivity contribution in [1.82, 2.24) is 24.5 Å². The molecule has 0 saturated carbocycles. The summed E-state index contributed by atoms with van der Waals surface area (Å²) in [5.74, 6) is -3.05. The first kappa shape index (κ1) is 21.6. The Kier molecular flexibility index (Phi) is 5.48. The summed E-state index contributed by atoms with van der Waals surface area (Å²) in [6.07, 6.45) is -3.10. The van der Waals surface area contributed by atoms with Crippen LogP contribution in [0, 0.1) is 11.6 Å². The summed E-state index contributed by atoms with van der Waals surface area (Å²) in [6.45, 7) is -1.08. The van der Waals surface area contributed by atoms with Crippen molar-refractivity contribution in [2.45, 2.75) is 12.3 Å². The van der Waals surface area contributed by atoms with Gasteiger partial charge in [0, 0.05) is 18.5 Å². The molecule has 3 heterocycles. The Labute approximate surface area is 174 Å². The number of hydrogen-bond acceptors (Lipinski definition) is 8. The zero-order valence-corrected chi connectivity index (χ0v) is 15.7. The number of benzene rings is 1. The van der Waals surface area contributed by atoms with E-state index < -0.39 is 48.6 Å². The molecular formula is C18H12F5N5O4. The first-order valence-corrected chi connectivity index (χ1v) is 8.83. The number of aromatic nitrogens is 5. The second-order valence-corrected chi connectivity index (χ2v) is 6.49. The highest BCUT2D eigenvalue weighted by atomic mass is 19.4. The lowest BCUT2D eigenvalue weighted by Crippen LogP contribution is -2.21. The number of aliphatic hydroxyl groups excluding tert-OH is 2. The molecule has 4 aromatic rings. The maximum Gasteiger partial charge on any atom is 0.434 e. The number of ether oxygens (including phenoxy) is 1. The topological polar surface area (TPSA) is 119 Å². The van der Waals surface area contributed by atoms with E-state index >= 15 is 0 Å². The highest BCUT2D eigenvalue weighted by molar-refractivity contribution is 5.61. The van der Waals surface area contributed by atoms with E-state index in [4.69, 9.17) is 14.4 Å². The zero-order valence-electron chi connectivity index (χ0n) is 15.7. The average molecular weight is 457 g/mol. The molecule has 0 aliphatic heterocycles. The van der Waals surface area contributed by atoms with E-state index in [0.29, 0.717) is 6.07 Å². The normalized spacial score (nSPS) is 13.0. The van der Waals surface area contributed by atoms with Crippen LogP contribution in [0.3, 0.4) is 0 Å². The minimum atomic E-state index is -4.65. The largest absolute Gasteiger partial charge is 0.488 e. The smallest absolute Gasteiger partial charge is 0.434 e. The van der Waals surface area contributed by atoms with Crippen molar-refractivity contribution >= 4 is 5.65 Å². The molecule has 0 aliphatic carbocycles. The number of fused-ring (bicyclic) bond motifs is 1. The Balaban J connectivity index is 1.62. The van der Waals surface area contributed by atoms with E-state index in [9.17, 15) is 27.1 Å². The Morgan fingerprint density at radius 1 is 1.12 bits per heavy atom. The van der Waals surface area contributed by atoms with Crippen LogP contribution in [0.1, 0.15) is 5.69 Å². The first-order valence-electron chi connectivity index (χ1n) is 8.83. The lowest BCUT2D eigenvalue weighted by Gasteiger charge is -2.11. The van der Waals surface area contributed by atoms with Gasteiger partial charge in [0.2, 0.25) is 5.82 Å². The highest BCUT2D eigenvalue weighted by Gasteiger charge is 2.33. The molecule has 14 heteroatoms. The van der Waals surface area contributed by atoms with Gasteiger partial charge in [0.15, 0.2) is 22.9 Å². The third-order valence-electron chi connectivity index (χ3n) is 4.18. The Morgan fingerprint density at radius 3 is 2.62 bits per heavy atom. The Hall–Kier alpha value is -3.65. The van der Waals surface area contributed by atoms with Gasteiger partial charge in [-0.05, 0) is 6.07 Å². The highest BCUT2D eigenvalue weighted by Crippen LogP contribution is 2.30. The summed E-state index contributed by atoms with van der Waals surface area (Å²) < 4.78 is 78.1. The van der Waals surface area contributed by atoms with Gasteiger partial charge in [-0.15, -0.1) is 0 Å². The average Bonchev–Trinajstić information content (AvgIpc) is 3.39. The zero-order chi connectivity index (χ0) is 23.0. The molecule has 0 saturated heterocycles. The lowest BCUT2D eigenvalue weighted by molar-refractivity contribution is -0.141. The number of rotatable bonds is 6. The monoisotopic (exact) mass is 457 g/mol. The maximum absolute atomic E-state index is 14.4. The molecule has 0 fully saturated rings. The van der Waals surface area contributed by atoms with Gasteiger partial charge in [-0.3, -0.25) is 0 Å². The van der Waals surface area contributed by atoms with Crippen LogP contribution < -0.4 is 4.74 Å². The number of nitrogens with zero attached hydrogens (tertiary/aromatic N) is 5. The van der Waals surface area contributed by atoms with Crippen molar-refractivity contribution in [2.75, 3.05) is 13.2 Å². The molecule has 0 bridgehead atoms. The lowest BCUT2D eigenvalue weighted by atomic mass is 10.2. The Morgan fingerprint density at radius 2 is 1.91 bits per heavy atom. The van der Waals surface area contributed by atoms with Gasteiger partial charge in [-0.1, -0.05) is 5.16 Å². The number of imidazole rings is 1. The molecule has 1 unspecified atom stereocenters. The molecule has 4 rings (SSSR count). The van der Waals surface area contributed by atoms with Crippen molar-refractivity contribution in [1.29, 1.82) is 0 Å². The van der Waals surface area contributed by atoms with Crippen LogP contribution >= 0.6 is 0 Å². The van der Waals surface area contributed by atoms with Crippen molar-refractivity contribution in [2.24, 2.45) is 0 Å². The molecule has 2 N–H and O–H groups in total. The second kappa shape index (κ2) is 8.12. The molecule has 0 amide bonds. The van der Waals surface area contributed by atoms with Crippen molar-refractivity contribution < 1.29 is 41.4 Å². The molecule has 1 aromatic carbocycles. The molecule has 0 aliphatic rings. The molecular weight excluding hydrogens is 445 g/mol. The second-order valence-electron chi connectivity index (χ2n) is 6.49. The molecule has 0 radical (unpaired) electrons. The van der Waals surface area contributed by atoms with Gasteiger partial charge in [-0.25, -0.2) is 18.7 Å². The van der Waals surface area contributed by atoms with Crippen LogP contribution in [-0.4, -0.2) is 54.0 Å². The quantitative estimate of drug-likeness (QED) is 0.424. The molecule has 0 spiro atoms. The number of hydrogen-bond donors (Lipinski definition) is 2. The third kappa shape index (κ3) is 4.22. The summed E-state index contributed by atoms with van der Waals surface area (Å²) in [4.78, 5) is 11.2. The minimum absolute atomic E-state index is 0.0105. The van der Waals surface area contributed by atoms with Crippen molar-refractivity contribution in [3.63, 3.8) is 0 Å².